The summed E-state index contributed by atoms with van der Waals surface area (Å²) in [4.78, 5) is 5.47. The predicted octanol–water partition coefficient (Wildman–Crippen LogP) is 4.50. The molecule has 100 valence electrons. The molecule has 3 aromatic rings. The minimum atomic E-state index is 0.538. The molecule has 1 heterocycles. The van der Waals surface area contributed by atoms with Crippen LogP contribution in [0.3, 0.4) is 0 Å². The maximum Gasteiger partial charge on any atom is 0.119 e. The molecule has 0 fully saturated rings. The second-order valence-corrected chi connectivity index (χ2v) is 5.80. The lowest BCUT2D eigenvalue weighted by Gasteiger charge is -2.10. The number of hydrogen-bond donors (Lipinski definition) is 1. The lowest BCUT2D eigenvalue weighted by Crippen LogP contribution is -1.97. The fourth-order valence-electron chi connectivity index (χ4n) is 2.15. The fraction of sp³-hybridized carbons (Fsp3) is 0.0625. The molecule has 0 aliphatic rings. The zero-order chi connectivity index (χ0) is 13.9. The van der Waals surface area contributed by atoms with Crippen LogP contribution in [0.15, 0.2) is 64.6 Å². The normalized spacial score (nSPS) is 10.9. The van der Waals surface area contributed by atoms with Crippen molar-refractivity contribution in [3.63, 3.8) is 0 Å². The summed E-state index contributed by atoms with van der Waals surface area (Å²) in [6.07, 6.45) is 1.75. The maximum atomic E-state index is 6.18. The zero-order valence-corrected chi connectivity index (χ0v) is 12.3. The first-order valence-corrected chi connectivity index (χ1v) is 7.48. The van der Waals surface area contributed by atoms with Crippen molar-refractivity contribution in [2.24, 2.45) is 5.73 Å². The Morgan fingerprint density at radius 2 is 1.80 bits per heavy atom. The monoisotopic (exact) mass is 300 g/mol. The molecule has 2 aromatic carbocycles. The molecule has 0 saturated carbocycles. The van der Waals surface area contributed by atoms with Gasteiger partial charge < -0.3 is 5.73 Å². The van der Waals surface area contributed by atoms with Crippen molar-refractivity contribution >= 4 is 34.1 Å². The van der Waals surface area contributed by atoms with Gasteiger partial charge in [-0.25, -0.2) is 4.98 Å². The Hall–Kier alpha value is -1.55. The first-order valence-electron chi connectivity index (χ1n) is 6.28. The van der Waals surface area contributed by atoms with Crippen LogP contribution < -0.4 is 5.73 Å². The Morgan fingerprint density at radius 1 is 1.00 bits per heavy atom. The van der Waals surface area contributed by atoms with Crippen LogP contribution in [0.4, 0.5) is 0 Å². The van der Waals surface area contributed by atoms with Crippen LogP contribution >= 0.6 is 23.4 Å². The highest BCUT2D eigenvalue weighted by Crippen LogP contribution is 2.36. The molecule has 4 heteroatoms. The number of nitrogens with two attached hydrogens (primary N) is 1. The van der Waals surface area contributed by atoms with Gasteiger partial charge in [0.25, 0.3) is 0 Å². The predicted molar refractivity (Wildman–Crippen MR) is 85.2 cm³/mol. The first kappa shape index (κ1) is 13.4. The summed E-state index contributed by atoms with van der Waals surface area (Å²) in [6.45, 7) is 0.538. The van der Waals surface area contributed by atoms with E-state index in [2.05, 4.69) is 29.2 Å². The number of benzene rings is 2. The van der Waals surface area contributed by atoms with Crippen molar-refractivity contribution in [2.45, 2.75) is 16.5 Å². The van der Waals surface area contributed by atoms with Crippen molar-refractivity contribution in [3.8, 4) is 0 Å². The summed E-state index contributed by atoms with van der Waals surface area (Å²) in [5.74, 6) is 0. The lowest BCUT2D eigenvalue weighted by atomic mass is 10.0. The van der Waals surface area contributed by atoms with E-state index in [9.17, 15) is 0 Å². The third-order valence-electron chi connectivity index (χ3n) is 3.13. The molecule has 2 N–H and O–H groups in total. The van der Waals surface area contributed by atoms with Gasteiger partial charge in [-0.3, -0.25) is 0 Å². The third kappa shape index (κ3) is 2.52. The van der Waals surface area contributed by atoms with Crippen LogP contribution in [0.5, 0.6) is 0 Å². The van der Waals surface area contributed by atoms with Crippen molar-refractivity contribution in [3.05, 3.63) is 65.3 Å². The number of hydrogen-bond acceptors (Lipinski definition) is 3. The number of pyridine rings is 1. The van der Waals surface area contributed by atoms with E-state index in [0.29, 0.717) is 11.6 Å². The van der Waals surface area contributed by atoms with E-state index in [-0.39, 0.29) is 0 Å². The quantitative estimate of drug-likeness (QED) is 0.774. The number of rotatable bonds is 3. The number of halogens is 1. The van der Waals surface area contributed by atoms with Gasteiger partial charge in [-0.1, -0.05) is 53.7 Å². The third-order valence-corrected chi connectivity index (χ3v) is 4.64. The van der Waals surface area contributed by atoms with Gasteiger partial charge in [-0.2, -0.15) is 0 Å². The smallest absolute Gasteiger partial charge is 0.119 e. The Balaban J connectivity index is 2.11. The minimum absolute atomic E-state index is 0.538. The van der Waals surface area contributed by atoms with E-state index >= 15 is 0 Å². The van der Waals surface area contributed by atoms with Crippen LogP contribution in [0.25, 0.3) is 10.8 Å². The van der Waals surface area contributed by atoms with Crippen LogP contribution in [0.1, 0.15) is 5.56 Å². The average Bonchev–Trinajstić information content (AvgIpc) is 2.50. The second-order valence-electron chi connectivity index (χ2n) is 4.36. The van der Waals surface area contributed by atoms with Crippen LogP contribution in [-0.4, -0.2) is 4.98 Å². The SMILES string of the molecule is NCc1ccc(Sc2ncccc2Cl)c2ccccc12. The van der Waals surface area contributed by atoms with Gasteiger partial charge in [0.2, 0.25) is 0 Å². The van der Waals surface area contributed by atoms with Gasteiger partial charge in [-0.05, 0) is 34.5 Å². The standard InChI is InChI=1S/C16H13ClN2S/c17-14-6-3-9-19-16(14)20-15-8-7-11(10-18)12-4-1-2-5-13(12)15/h1-9H,10,18H2. The van der Waals surface area contributed by atoms with Crippen molar-refractivity contribution in [1.29, 1.82) is 0 Å². The van der Waals surface area contributed by atoms with E-state index in [4.69, 9.17) is 17.3 Å². The fourth-order valence-corrected chi connectivity index (χ4v) is 3.30. The summed E-state index contributed by atoms with van der Waals surface area (Å²) >= 11 is 7.76. The zero-order valence-electron chi connectivity index (χ0n) is 10.7. The molecular weight excluding hydrogens is 288 g/mol. The minimum Gasteiger partial charge on any atom is -0.326 e. The molecule has 1 aromatic heterocycles. The first-order chi connectivity index (χ1) is 9.79. The van der Waals surface area contributed by atoms with Gasteiger partial charge >= 0.3 is 0 Å². The van der Waals surface area contributed by atoms with Crippen LogP contribution in [-0.2, 0) is 6.54 Å². The van der Waals surface area contributed by atoms with E-state index in [1.165, 1.54) is 10.8 Å². The largest absolute Gasteiger partial charge is 0.326 e. The highest BCUT2D eigenvalue weighted by atomic mass is 35.5. The summed E-state index contributed by atoms with van der Waals surface area (Å²) in [7, 11) is 0. The van der Waals surface area contributed by atoms with Crippen molar-refractivity contribution in [1.82, 2.24) is 4.98 Å². The van der Waals surface area contributed by atoms with Gasteiger partial charge in [0.1, 0.15) is 5.03 Å². The molecule has 0 atom stereocenters. The molecule has 2 nitrogen and oxygen atoms in total. The molecule has 0 radical (unpaired) electrons. The molecule has 0 aliphatic heterocycles. The molecule has 20 heavy (non-hydrogen) atoms. The summed E-state index contributed by atoms with van der Waals surface area (Å²) in [6, 6.07) is 16.1. The Bertz CT molecular complexity index is 758. The van der Waals surface area contributed by atoms with Crippen LogP contribution in [0, 0.1) is 0 Å². The van der Waals surface area contributed by atoms with Gasteiger partial charge in [0.05, 0.1) is 5.02 Å². The van der Waals surface area contributed by atoms with Gasteiger partial charge in [0, 0.05) is 17.6 Å². The van der Waals surface area contributed by atoms with E-state index in [1.54, 1.807) is 18.0 Å². The Kier molecular flexibility index (Phi) is 3.92. The molecule has 0 spiro atoms. The number of nitrogens with zero attached hydrogens (tertiary/aromatic N) is 1. The molecule has 0 amide bonds. The summed E-state index contributed by atoms with van der Waals surface area (Å²) in [5.41, 5.74) is 6.95. The number of fused-ring (bicyclic) bond motifs is 1. The highest BCUT2D eigenvalue weighted by molar-refractivity contribution is 7.99. The Labute approximate surface area is 127 Å². The molecule has 0 unspecified atom stereocenters. The van der Waals surface area contributed by atoms with Crippen LogP contribution in [0.2, 0.25) is 5.02 Å². The average molecular weight is 301 g/mol. The molecule has 0 bridgehead atoms. The summed E-state index contributed by atoms with van der Waals surface area (Å²) in [5, 5.41) is 3.86. The molecule has 0 saturated heterocycles. The van der Waals surface area contributed by atoms with Crippen molar-refractivity contribution < 1.29 is 0 Å². The van der Waals surface area contributed by atoms with Gasteiger partial charge in [-0.15, -0.1) is 0 Å². The van der Waals surface area contributed by atoms with E-state index < -0.39 is 0 Å². The topological polar surface area (TPSA) is 38.9 Å². The molecule has 3 rings (SSSR count). The number of aromatic nitrogens is 1. The highest BCUT2D eigenvalue weighted by Gasteiger charge is 2.09. The Morgan fingerprint density at radius 3 is 2.55 bits per heavy atom. The van der Waals surface area contributed by atoms with Crippen molar-refractivity contribution in [2.75, 3.05) is 0 Å². The maximum absolute atomic E-state index is 6.18. The van der Waals surface area contributed by atoms with Gasteiger partial charge in [0.15, 0.2) is 0 Å². The second kappa shape index (κ2) is 5.83. The summed E-state index contributed by atoms with van der Waals surface area (Å²) < 4.78 is 0. The lowest BCUT2D eigenvalue weighted by molar-refractivity contribution is 1.08. The molecule has 0 aliphatic carbocycles. The van der Waals surface area contributed by atoms with E-state index in [0.717, 1.165) is 15.5 Å². The van der Waals surface area contributed by atoms with E-state index in [1.807, 2.05) is 24.3 Å². The molecular formula is C16H13ClN2S.